The minimum atomic E-state index is -1.38. The van der Waals surface area contributed by atoms with Crippen LogP contribution in [0.2, 0.25) is 0 Å². The van der Waals surface area contributed by atoms with E-state index in [9.17, 15) is 19.5 Å². The second-order valence-electron chi connectivity index (χ2n) is 11.0. The Morgan fingerprint density at radius 3 is 2.59 bits per heavy atom. The van der Waals surface area contributed by atoms with E-state index >= 15 is 0 Å². The molecule has 0 saturated carbocycles. The van der Waals surface area contributed by atoms with Gasteiger partial charge < -0.3 is 24.4 Å². The molecule has 8 heteroatoms. The van der Waals surface area contributed by atoms with Crippen LogP contribution in [-0.2, 0) is 23.9 Å². The molecule has 1 unspecified atom stereocenters. The van der Waals surface area contributed by atoms with Gasteiger partial charge in [0.2, 0.25) is 5.91 Å². The fraction of sp³-hybridized carbons (Fsp3) is 0.452. The van der Waals surface area contributed by atoms with E-state index in [0.29, 0.717) is 18.5 Å². The molecule has 204 valence electrons. The van der Waals surface area contributed by atoms with Crippen LogP contribution >= 0.6 is 0 Å². The van der Waals surface area contributed by atoms with Crippen molar-refractivity contribution in [2.75, 3.05) is 24.7 Å². The summed E-state index contributed by atoms with van der Waals surface area (Å²) in [5, 5.41) is 12.2. The number of carbonyl (C=O) groups excluding carboxylic acids is 3. The number of amides is 2. The third-order valence-corrected chi connectivity index (χ3v) is 8.85. The molecule has 2 aromatic rings. The summed E-state index contributed by atoms with van der Waals surface area (Å²) in [5.74, 6) is -3.02. The molecular formula is C31H34N2O6. The number of cyclic esters (lactones) is 1. The minimum absolute atomic E-state index is 0.262. The van der Waals surface area contributed by atoms with E-state index in [4.69, 9.17) is 9.47 Å². The zero-order valence-electron chi connectivity index (χ0n) is 22.3. The van der Waals surface area contributed by atoms with Crippen LogP contribution in [0.5, 0.6) is 0 Å². The van der Waals surface area contributed by atoms with Crippen LogP contribution in [0.25, 0.3) is 10.8 Å². The number of aliphatic hydroxyl groups excluding tert-OH is 1. The van der Waals surface area contributed by atoms with Crippen molar-refractivity contribution in [1.29, 1.82) is 0 Å². The van der Waals surface area contributed by atoms with E-state index in [2.05, 4.69) is 0 Å². The van der Waals surface area contributed by atoms with Gasteiger partial charge in [-0.15, -0.1) is 0 Å². The number of nitrogens with zero attached hydrogens (tertiary/aromatic N) is 2. The molecule has 2 fully saturated rings. The molecule has 6 rings (SSSR count). The van der Waals surface area contributed by atoms with E-state index < -0.39 is 41.1 Å². The molecule has 2 aromatic carbocycles. The molecule has 0 radical (unpaired) electrons. The third-order valence-electron chi connectivity index (χ3n) is 8.85. The molecule has 8 nitrogen and oxygen atoms in total. The average Bonchev–Trinajstić information content (AvgIpc) is 3.34. The minimum Gasteiger partial charge on any atom is -0.465 e. The Hall–Kier alpha value is -3.49. The molecule has 39 heavy (non-hydrogen) atoms. The van der Waals surface area contributed by atoms with Crippen LogP contribution in [0.3, 0.4) is 0 Å². The van der Waals surface area contributed by atoms with Crippen molar-refractivity contribution in [2.24, 2.45) is 11.8 Å². The van der Waals surface area contributed by atoms with Crippen molar-refractivity contribution >= 4 is 34.2 Å². The van der Waals surface area contributed by atoms with E-state index in [1.165, 1.54) is 4.90 Å². The number of aliphatic hydroxyl groups is 1. The zero-order chi connectivity index (χ0) is 27.4. The molecule has 1 N–H and O–H groups in total. The van der Waals surface area contributed by atoms with Crippen molar-refractivity contribution in [3.05, 3.63) is 66.8 Å². The summed E-state index contributed by atoms with van der Waals surface area (Å²) in [4.78, 5) is 45.5. The SMILES string of the molecule is CC[C@@]12/C=C\CCCOC(=O)[C@@H]1[C@H]1C(=O)N([C@H](C)CO)C3C(=O)N(c4ccc5ccccc5c4)CC=C[C@@]31O2. The van der Waals surface area contributed by atoms with Crippen LogP contribution in [0.1, 0.15) is 33.1 Å². The highest BCUT2D eigenvalue weighted by atomic mass is 16.6. The maximum Gasteiger partial charge on any atom is 0.313 e. The predicted octanol–water partition coefficient (Wildman–Crippen LogP) is 3.38. The second kappa shape index (κ2) is 9.61. The van der Waals surface area contributed by atoms with Gasteiger partial charge in [0.25, 0.3) is 5.91 Å². The Morgan fingerprint density at radius 2 is 1.82 bits per heavy atom. The van der Waals surface area contributed by atoms with Gasteiger partial charge >= 0.3 is 5.97 Å². The highest BCUT2D eigenvalue weighted by Crippen LogP contribution is 2.58. The first-order chi connectivity index (χ1) is 18.9. The molecule has 0 aromatic heterocycles. The standard InChI is InChI=1S/C31H34N2O6/c1-3-30-14-7-4-8-17-38-29(37)25(30)24-27(35)33(20(2)19-34)26-28(36)32(16-9-15-31(24,26)39-30)23-13-12-21-10-5-6-11-22(21)18-23/h5-7,9-15,18,20,24-26,34H,3-4,8,16-17,19H2,1-2H3/b14-7-/t20-,24+,25+,26?,30-,31+/m1/s1. The van der Waals surface area contributed by atoms with Gasteiger partial charge in [0, 0.05) is 12.2 Å². The molecule has 0 aliphatic carbocycles. The van der Waals surface area contributed by atoms with Gasteiger partial charge in [-0.1, -0.05) is 61.6 Å². The molecule has 4 aliphatic rings. The first-order valence-corrected chi connectivity index (χ1v) is 13.8. The summed E-state index contributed by atoms with van der Waals surface area (Å²) in [6.07, 6.45) is 9.43. The fourth-order valence-corrected chi connectivity index (χ4v) is 6.95. The molecular weight excluding hydrogens is 496 g/mol. The number of hydrogen-bond acceptors (Lipinski definition) is 6. The molecule has 2 amide bonds. The molecule has 0 bridgehead atoms. The Labute approximate surface area is 227 Å². The smallest absolute Gasteiger partial charge is 0.313 e. The van der Waals surface area contributed by atoms with E-state index in [1.54, 1.807) is 11.8 Å². The van der Waals surface area contributed by atoms with Crippen LogP contribution < -0.4 is 4.90 Å². The van der Waals surface area contributed by atoms with Crippen LogP contribution in [0, 0.1) is 11.8 Å². The first-order valence-electron chi connectivity index (χ1n) is 13.8. The lowest BCUT2D eigenvalue weighted by molar-refractivity contribution is -0.160. The Morgan fingerprint density at radius 1 is 1.03 bits per heavy atom. The number of esters is 1. The van der Waals surface area contributed by atoms with Crippen LogP contribution in [0.4, 0.5) is 5.69 Å². The van der Waals surface area contributed by atoms with Crippen molar-refractivity contribution in [3.8, 4) is 0 Å². The van der Waals surface area contributed by atoms with Crippen molar-refractivity contribution in [1.82, 2.24) is 4.90 Å². The molecule has 6 atom stereocenters. The summed E-state index contributed by atoms with van der Waals surface area (Å²) in [7, 11) is 0. The van der Waals surface area contributed by atoms with Crippen LogP contribution in [-0.4, -0.2) is 70.8 Å². The lowest BCUT2D eigenvalue weighted by atomic mass is 9.73. The van der Waals surface area contributed by atoms with Crippen molar-refractivity contribution in [3.63, 3.8) is 0 Å². The van der Waals surface area contributed by atoms with Gasteiger partial charge in [-0.25, -0.2) is 0 Å². The maximum atomic E-state index is 14.5. The highest BCUT2D eigenvalue weighted by molar-refractivity contribution is 6.06. The summed E-state index contributed by atoms with van der Waals surface area (Å²) in [5.41, 5.74) is -1.76. The summed E-state index contributed by atoms with van der Waals surface area (Å²) in [6, 6.07) is 12.1. The van der Waals surface area contributed by atoms with Crippen molar-refractivity contribution < 1.29 is 29.0 Å². The fourth-order valence-electron chi connectivity index (χ4n) is 6.95. The van der Waals surface area contributed by atoms with E-state index in [1.807, 2.05) is 73.7 Å². The summed E-state index contributed by atoms with van der Waals surface area (Å²) < 4.78 is 12.6. The highest BCUT2D eigenvalue weighted by Gasteiger charge is 2.75. The number of carbonyl (C=O) groups is 3. The van der Waals surface area contributed by atoms with Gasteiger partial charge in [0.1, 0.15) is 23.2 Å². The van der Waals surface area contributed by atoms with E-state index in [0.717, 1.165) is 17.2 Å². The normalized spacial score (nSPS) is 33.9. The second-order valence-corrected chi connectivity index (χ2v) is 11.0. The van der Waals surface area contributed by atoms with Gasteiger partial charge in [-0.3, -0.25) is 14.4 Å². The third kappa shape index (κ3) is 3.76. The first kappa shape index (κ1) is 25.8. The zero-order valence-corrected chi connectivity index (χ0v) is 22.3. The van der Waals surface area contributed by atoms with E-state index in [-0.39, 0.29) is 31.6 Å². The average molecular weight is 531 g/mol. The summed E-state index contributed by atoms with van der Waals surface area (Å²) >= 11 is 0. The lowest BCUT2D eigenvalue weighted by Crippen LogP contribution is -2.58. The number of ether oxygens (including phenoxy) is 2. The van der Waals surface area contributed by atoms with Crippen LogP contribution in [0.15, 0.2) is 66.8 Å². The Kier molecular flexibility index (Phi) is 6.35. The largest absolute Gasteiger partial charge is 0.465 e. The number of allylic oxidation sites excluding steroid dienone is 1. The molecule has 2 saturated heterocycles. The number of rotatable bonds is 4. The number of anilines is 1. The topological polar surface area (TPSA) is 96.4 Å². The van der Waals surface area contributed by atoms with Gasteiger partial charge in [-0.2, -0.15) is 0 Å². The lowest BCUT2D eigenvalue weighted by Gasteiger charge is -2.40. The summed E-state index contributed by atoms with van der Waals surface area (Å²) in [6.45, 7) is 3.86. The maximum absolute atomic E-state index is 14.5. The van der Waals surface area contributed by atoms with Gasteiger partial charge in [-0.05, 0) is 49.1 Å². The van der Waals surface area contributed by atoms with Gasteiger partial charge in [0.15, 0.2) is 0 Å². The number of likely N-dealkylation sites (tertiary alicyclic amines) is 1. The monoisotopic (exact) mass is 530 g/mol. The molecule has 4 aliphatic heterocycles. The number of hydrogen-bond donors (Lipinski definition) is 1. The van der Waals surface area contributed by atoms with Gasteiger partial charge in [0.05, 0.1) is 25.2 Å². The predicted molar refractivity (Wildman–Crippen MR) is 146 cm³/mol. The quantitative estimate of drug-likeness (QED) is 0.481. The molecule has 1 spiro atoms. The number of benzene rings is 2. The Balaban J connectivity index is 1.51. The van der Waals surface area contributed by atoms with Crippen molar-refractivity contribution in [2.45, 2.75) is 56.4 Å². The Bertz CT molecular complexity index is 1390. The molecule has 4 heterocycles. The number of fused-ring (bicyclic) bond motifs is 3.